The zero-order chi connectivity index (χ0) is 13.8. The van der Waals surface area contributed by atoms with Crippen LogP contribution in [-0.2, 0) is 17.5 Å². The lowest BCUT2D eigenvalue weighted by molar-refractivity contribution is 0.276. The summed E-state index contributed by atoms with van der Waals surface area (Å²) in [6.07, 6.45) is 2.06. The smallest absolute Gasteiger partial charge is 0.191 e. The first-order valence-corrected chi connectivity index (χ1v) is 10.4. The van der Waals surface area contributed by atoms with Crippen molar-refractivity contribution in [3.63, 3.8) is 0 Å². The van der Waals surface area contributed by atoms with Crippen molar-refractivity contribution in [1.29, 1.82) is 0 Å². The van der Waals surface area contributed by atoms with E-state index in [0.717, 1.165) is 25.0 Å². The maximum absolute atomic E-state index is 9.18. The minimum Gasteiger partial charge on any atom is -0.417 e. The van der Waals surface area contributed by atoms with Crippen LogP contribution in [0.25, 0.3) is 0 Å². The van der Waals surface area contributed by atoms with Crippen molar-refractivity contribution in [2.75, 3.05) is 6.61 Å². The molecule has 4 heteroatoms. The van der Waals surface area contributed by atoms with E-state index in [1.807, 2.05) is 6.07 Å². The summed E-state index contributed by atoms with van der Waals surface area (Å²) in [5.41, 5.74) is 1.08. The van der Waals surface area contributed by atoms with Crippen molar-refractivity contribution in [3.05, 3.63) is 21.9 Å². The molecule has 1 N–H and O–H groups in total. The summed E-state index contributed by atoms with van der Waals surface area (Å²) in [5.74, 6) is 0. The Morgan fingerprint density at radius 3 is 2.56 bits per heavy atom. The van der Waals surface area contributed by atoms with Crippen molar-refractivity contribution >= 4 is 19.7 Å². The molecule has 0 bridgehead atoms. The first-order valence-electron chi connectivity index (χ1n) is 6.58. The van der Waals surface area contributed by atoms with Gasteiger partial charge in [-0.2, -0.15) is 0 Å². The third-order valence-electron chi connectivity index (χ3n) is 3.83. The Morgan fingerprint density at radius 2 is 2.00 bits per heavy atom. The normalized spacial score (nSPS) is 13.0. The fraction of sp³-hybridized carbons (Fsp3) is 0.714. The van der Waals surface area contributed by atoms with E-state index in [9.17, 15) is 5.11 Å². The van der Waals surface area contributed by atoms with Crippen molar-refractivity contribution in [3.8, 4) is 0 Å². The highest BCUT2D eigenvalue weighted by Gasteiger charge is 2.36. The largest absolute Gasteiger partial charge is 0.417 e. The van der Waals surface area contributed by atoms with E-state index in [-0.39, 0.29) is 11.6 Å². The molecule has 0 aliphatic rings. The van der Waals surface area contributed by atoms with Crippen LogP contribution in [0.3, 0.4) is 0 Å². The van der Waals surface area contributed by atoms with Gasteiger partial charge in [0, 0.05) is 11.5 Å². The lowest BCUT2D eigenvalue weighted by atomic mass is 10.2. The standard InChI is InChI=1S/C14H26O2SSi/c1-14(2,3)18(4,5)16-9-6-7-13-12(11-15)8-10-17-13/h8,10,15H,6-7,9,11H2,1-5H3. The Kier molecular flexibility index (Phi) is 5.59. The predicted octanol–water partition coefficient (Wildman–Crippen LogP) is 4.19. The number of hydrogen-bond acceptors (Lipinski definition) is 3. The lowest BCUT2D eigenvalue weighted by Gasteiger charge is -2.36. The van der Waals surface area contributed by atoms with Crippen LogP contribution in [-0.4, -0.2) is 20.0 Å². The van der Waals surface area contributed by atoms with Gasteiger partial charge in [-0.1, -0.05) is 20.8 Å². The van der Waals surface area contributed by atoms with Gasteiger partial charge in [-0.15, -0.1) is 11.3 Å². The van der Waals surface area contributed by atoms with Crippen molar-refractivity contribution in [1.82, 2.24) is 0 Å². The summed E-state index contributed by atoms with van der Waals surface area (Å²) in [6.45, 7) is 12.4. The zero-order valence-electron chi connectivity index (χ0n) is 12.2. The minimum atomic E-state index is -1.59. The summed E-state index contributed by atoms with van der Waals surface area (Å²) >= 11 is 1.73. The second kappa shape index (κ2) is 6.33. The number of hydrogen-bond donors (Lipinski definition) is 1. The molecule has 18 heavy (non-hydrogen) atoms. The van der Waals surface area contributed by atoms with Gasteiger partial charge in [0.2, 0.25) is 0 Å². The molecular formula is C14H26O2SSi. The molecule has 1 heterocycles. The second-order valence-electron chi connectivity index (χ2n) is 6.24. The first kappa shape index (κ1) is 15.9. The summed E-state index contributed by atoms with van der Waals surface area (Å²) in [4.78, 5) is 1.30. The van der Waals surface area contributed by atoms with Gasteiger partial charge >= 0.3 is 0 Å². The van der Waals surface area contributed by atoms with Crippen LogP contribution in [0.5, 0.6) is 0 Å². The quantitative estimate of drug-likeness (QED) is 0.627. The summed E-state index contributed by atoms with van der Waals surface area (Å²) in [5, 5.41) is 11.5. The highest BCUT2D eigenvalue weighted by molar-refractivity contribution is 7.10. The molecule has 0 saturated carbocycles. The third kappa shape index (κ3) is 4.19. The van der Waals surface area contributed by atoms with Crippen LogP contribution in [0.1, 0.15) is 37.6 Å². The number of thiophene rings is 1. The molecule has 0 spiro atoms. The molecule has 0 aliphatic carbocycles. The highest BCUT2D eigenvalue weighted by atomic mass is 32.1. The number of aliphatic hydroxyl groups excluding tert-OH is 1. The summed E-state index contributed by atoms with van der Waals surface area (Å²) < 4.78 is 6.15. The van der Waals surface area contributed by atoms with Crippen LogP contribution in [0.15, 0.2) is 11.4 Å². The van der Waals surface area contributed by atoms with Gasteiger partial charge < -0.3 is 9.53 Å². The van der Waals surface area contributed by atoms with Crippen molar-refractivity contribution < 1.29 is 9.53 Å². The van der Waals surface area contributed by atoms with Gasteiger partial charge in [0.25, 0.3) is 0 Å². The van der Waals surface area contributed by atoms with Gasteiger partial charge in [0.1, 0.15) is 0 Å². The van der Waals surface area contributed by atoms with E-state index in [1.54, 1.807) is 11.3 Å². The van der Waals surface area contributed by atoms with Gasteiger partial charge in [-0.25, -0.2) is 0 Å². The van der Waals surface area contributed by atoms with Crippen molar-refractivity contribution in [2.45, 2.75) is 58.4 Å². The lowest BCUT2D eigenvalue weighted by Crippen LogP contribution is -2.41. The fourth-order valence-electron chi connectivity index (χ4n) is 1.50. The van der Waals surface area contributed by atoms with Crippen LogP contribution in [0.2, 0.25) is 18.1 Å². The minimum absolute atomic E-state index is 0.155. The van der Waals surface area contributed by atoms with Crippen LogP contribution in [0.4, 0.5) is 0 Å². The Labute approximate surface area is 116 Å². The Balaban J connectivity index is 2.36. The van der Waals surface area contributed by atoms with E-state index in [4.69, 9.17) is 4.43 Å². The molecule has 0 fully saturated rings. The van der Waals surface area contributed by atoms with E-state index in [2.05, 4.69) is 39.2 Å². The molecule has 104 valence electrons. The fourth-order valence-corrected chi connectivity index (χ4v) is 3.53. The van der Waals surface area contributed by atoms with Gasteiger partial charge in [0.05, 0.1) is 6.61 Å². The molecule has 2 nitrogen and oxygen atoms in total. The molecule has 1 aromatic heterocycles. The predicted molar refractivity (Wildman–Crippen MR) is 81.7 cm³/mol. The number of aliphatic hydroxyl groups is 1. The highest BCUT2D eigenvalue weighted by Crippen LogP contribution is 2.36. The maximum Gasteiger partial charge on any atom is 0.191 e. The molecule has 0 radical (unpaired) electrons. The SMILES string of the molecule is CC(C)(C)[Si](C)(C)OCCCc1sccc1CO. The molecule has 0 aliphatic heterocycles. The monoisotopic (exact) mass is 286 g/mol. The molecule has 1 aromatic rings. The van der Waals surface area contributed by atoms with E-state index in [1.165, 1.54) is 4.88 Å². The van der Waals surface area contributed by atoms with Crippen LogP contribution < -0.4 is 0 Å². The van der Waals surface area contributed by atoms with Crippen LogP contribution >= 0.6 is 11.3 Å². The Bertz CT molecular complexity index is 366. The average Bonchev–Trinajstić information content (AvgIpc) is 2.70. The molecule has 0 aromatic carbocycles. The molecule has 0 atom stereocenters. The van der Waals surface area contributed by atoms with Gasteiger partial charge in [0.15, 0.2) is 8.32 Å². The zero-order valence-corrected chi connectivity index (χ0v) is 14.1. The molecule has 0 unspecified atom stereocenters. The van der Waals surface area contributed by atoms with Gasteiger partial charge in [-0.05, 0) is 48.0 Å². The van der Waals surface area contributed by atoms with E-state index < -0.39 is 8.32 Å². The molecular weight excluding hydrogens is 260 g/mol. The first-order chi connectivity index (χ1) is 8.28. The number of rotatable bonds is 6. The third-order valence-corrected chi connectivity index (χ3v) is 9.39. The van der Waals surface area contributed by atoms with Crippen molar-refractivity contribution in [2.24, 2.45) is 0 Å². The van der Waals surface area contributed by atoms with Crippen LogP contribution in [0, 0.1) is 0 Å². The van der Waals surface area contributed by atoms with E-state index >= 15 is 0 Å². The maximum atomic E-state index is 9.18. The Hall–Kier alpha value is -0.163. The molecule has 1 rings (SSSR count). The Morgan fingerprint density at radius 1 is 1.33 bits per heavy atom. The molecule has 0 saturated heterocycles. The van der Waals surface area contributed by atoms with Gasteiger partial charge in [-0.3, -0.25) is 0 Å². The summed E-state index contributed by atoms with van der Waals surface area (Å²) in [7, 11) is -1.59. The topological polar surface area (TPSA) is 29.5 Å². The number of aryl methyl sites for hydroxylation is 1. The van der Waals surface area contributed by atoms with E-state index in [0.29, 0.717) is 0 Å². The second-order valence-corrected chi connectivity index (χ2v) is 12.0. The summed E-state index contributed by atoms with van der Waals surface area (Å²) in [6, 6.07) is 2.01. The average molecular weight is 287 g/mol. The molecule has 0 amide bonds.